The van der Waals surface area contributed by atoms with Crippen LogP contribution in [-0.2, 0) is 4.74 Å². The van der Waals surface area contributed by atoms with Crippen LogP contribution < -0.4 is 15.5 Å². The van der Waals surface area contributed by atoms with E-state index in [2.05, 4.69) is 27.8 Å². The van der Waals surface area contributed by atoms with Crippen LogP contribution >= 0.6 is 0 Å². The highest BCUT2D eigenvalue weighted by atomic mass is 16.5. The number of hydrogen-bond donors (Lipinski definition) is 2. The van der Waals surface area contributed by atoms with Gasteiger partial charge in [0.25, 0.3) is 5.91 Å². The van der Waals surface area contributed by atoms with E-state index in [-0.39, 0.29) is 11.3 Å². The van der Waals surface area contributed by atoms with Crippen molar-refractivity contribution in [3.8, 4) is 0 Å². The molecule has 2 heterocycles. The Balaban J connectivity index is 1.73. The van der Waals surface area contributed by atoms with E-state index in [0.717, 1.165) is 6.54 Å². The molecule has 1 amide bonds. The van der Waals surface area contributed by atoms with Gasteiger partial charge in [-0.1, -0.05) is 12.1 Å². The van der Waals surface area contributed by atoms with E-state index < -0.39 is 11.9 Å². The number of benzene rings is 1. The van der Waals surface area contributed by atoms with Gasteiger partial charge in [0.05, 0.1) is 25.0 Å². The highest BCUT2D eigenvalue weighted by Gasteiger charge is 2.20. The predicted octanol–water partition coefficient (Wildman–Crippen LogP) is 1.27. The molecule has 130 valence electrons. The van der Waals surface area contributed by atoms with Gasteiger partial charge in [-0.15, -0.1) is 10.2 Å². The molecule has 2 N–H and O–H groups in total. The highest BCUT2D eigenvalue weighted by Crippen LogP contribution is 2.18. The summed E-state index contributed by atoms with van der Waals surface area (Å²) in [5, 5.41) is 14.1. The fraction of sp³-hybridized carbons (Fsp3) is 0.294. The second kappa shape index (κ2) is 7.27. The molecule has 1 aliphatic rings. The molecule has 0 bridgehead atoms. The number of para-hydroxylation sites is 1. The van der Waals surface area contributed by atoms with Crippen molar-refractivity contribution in [3.63, 3.8) is 0 Å². The molecule has 8 heteroatoms. The van der Waals surface area contributed by atoms with E-state index in [4.69, 9.17) is 4.74 Å². The largest absolute Gasteiger partial charge is 0.465 e. The summed E-state index contributed by atoms with van der Waals surface area (Å²) in [5.74, 6) is -0.250. The Bertz CT molecular complexity index is 778. The summed E-state index contributed by atoms with van der Waals surface area (Å²) >= 11 is 0. The third kappa shape index (κ3) is 3.74. The lowest BCUT2D eigenvalue weighted by Gasteiger charge is -2.15. The maximum atomic E-state index is 12.4. The van der Waals surface area contributed by atoms with E-state index in [0.29, 0.717) is 24.2 Å². The molecular formula is C17H19N5O3. The van der Waals surface area contributed by atoms with Crippen molar-refractivity contribution >= 4 is 23.4 Å². The Hall–Kier alpha value is -3.00. The van der Waals surface area contributed by atoms with Gasteiger partial charge in [-0.3, -0.25) is 10.1 Å². The van der Waals surface area contributed by atoms with Crippen molar-refractivity contribution in [2.45, 2.75) is 13.0 Å². The van der Waals surface area contributed by atoms with Crippen LogP contribution in [0.5, 0.6) is 0 Å². The number of carbonyl (C=O) groups is 2. The van der Waals surface area contributed by atoms with Gasteiger partial charge in [-0.2, -0.15) is 0 Å². The van der Waals surface area contributed by atoms with Crippen LogP contribution in [0.15, 0.2) is 36.4 Å². The second-order valence-electron chi connectivity index (χ2n) is 5.75. The molecule has 1 unspecified atom stereocenters. The molecule has 8 nitrogen and oxygen atoms in total. The van der Waals surface area contributed by atoms with Gasteiger partial charge in [0.15, 0.2) is 11.5 Å². The van der Waals surface area contributed by atoms with Crippen LogP contribution in [-0.4, -0.2) is 48.4 Å². The number of amides is 1. The zero-order valence-corrected chi connectivity index (χ0v) is 14.0. The summed E-state index contributed by atoms with van der Waals surface area (Å²) in [4.78, 5) is 26.2. The maximum absolute atomic E-state index is 12.4. The average molecular weight is 341 g/mol. The summed E-state index contributed by atoms with van der Waals surface area (Å²) in [5.41, 5.74) is 0.812. The number of methoxy groups -OCH3 is 1. The molecule has 2 aromatic rings. The first-order valence-electron chi connectivity index (χ1n) is 7.89. The molecule has 0 spiro atoms. The molecule has 1 aliphatic heterocycles. The van der Waals surface area contributed by atoms with Crippen molar-refractivity contribution in [2.24, 2.45) is 0 Å². The molecule has 1 saturated heterocycles. The molecule has 25 heavy (non-hydrogen) atoms. The van der Waals surface area contributed by atoms with Gasteiger partial charge in [0, 0.05) is 12.6 Å². The molecule has 1 aromatic heterocycles. The second-order valence-corrected chi connectivity index (χ2v) is 5.75. The van der Waals surface area contributed by atoms with Gasteiger partial charge in [-0.25, -0.2) is 4.79 Å². The minimum Gasteiger partial charge on any atom is -0.465 e. The first-order chi connectivity index (χ1) is 12.1. The Kier molecular flexibility index (Phi) is 4.90. The van der Waals surface area contributed by atoms with Crippen molar-refractivity contribution in [3.05, 3.63) is 47.7 Å². The number of rotatable bonds is 4. The first-order valence-corrected chi connectivity index (χ1v) is 7.89. The Labute approximate surface area is 145 Å². The number of nitrogens with zero attached hydrogens (tertiary/aromatic N) is 3. The SMILES string of the molecule is COC(=O)c1ccccc1NC(=O)c1ccc(N2CNC(C)C2)nn1. The van der Waals surface area contributed by atoms with Gasteiger partial charge < -0.3 is 15.0 Å². The van der Waals surface area contributed by atoms with Crippen LogP contribution in [0, 0.1) is 0 Å². The van der Waals surface area contributed by atoms with E-state index in [9.17, 15) is 9.59 Å². The molecule has 1 aromatic carbocycles. The van der Waals surface area contributed by atoms with E-state index >= 15 is 0 Å². The fourth-order valence-corrected chi connectivity index (χ4v) is 2.58. The number of ether oxygens (including phenoxy) is 1. The topological polar surface area (TPSA) is 96.5 Å². The lowest BCUT2D eigenvalue weighted by atomic mass is 10.1. The van der Waals surface area contributed by atoms with Crippen LogP contribution in [0.2, 0.25) is 0 Å². The third-order valence-corrected chi connectivity index (χ3v) is 3.91. The Morgan fingerprint density at radius 2 is 2.04 bits per heavy atom. The van der Waals surface area contributed by atoms with Crippen molar-refractivity contribution in [1.29, 1.82) is 0 Å². The first kappa shape index (κ1) is 16.8. The molecule has 3 rings (SSSR count). The predicted molar refractivity (Wildman–Crippen MR) is 92.6 cm³/mol. The molecule has 1 atom stereocenters. The minimum absolute atomic E-state index is 0.170. The number of carbonyl (C=O) groups excluding carboxylic acids is 2. The van der Waals surface area contributed by atoms with Crippen LogP contribution in [0.3, 0.4) is 0 Å². The fourth-order valence-electron chi connectivity index (χ4n) is 2.58. The zero-order valence-electron chi connectivity index (χ0n) is 14.0. The van der Waals surface area contributed by atoms with E-state index in [1.54, 1.807) is 36.4 Å². The van der Waals surface area contributed by atoms with Gasteiger partial charge in [0.2, 0.25) is 0 Å². The normalized spacial score (nSPS) is 16.6. The van der Waals surface area contributed by atoms with Crippen molar-refractivity contribution in [1.82, 2.24) is 15.5 Å². The lowest BCUT2D eigenvalue weighted by Crippen LogP contribution is -2.23. The van der Waals surface area contributed by atoms with Crippen molar-refractivity contribution in [2.75, 3.05) is 30.5 Å². The van der Waals surface area contributed by atoms with Crippen molar-refractivity contribution < 1.29 is 14.3 Å². The molecule has 0 aliphatic carbocycles. The molecule has 0 saturated carbocycles. The zero-order chi connectivity index (χ0) is 17.8. The number of nitrogens with one attached hydrogen (secondary N) is 2. The van der Waals surface area contributed by atoms with Gasteiger partial charge >= 0.3 is 5.97 Å². The molecule has 1 fully saturated rings. The summed E-state index contributed by atoms with van der Waals surface area (Å²) in [6.07, 6.45) is 0. The third-order valence-electron chi connectivity index (χ3n) is 3.91. The number of anilines is 2. The van der Waals surface area contributed by atoms with Gasteiger partial charge in [-0.05, 0) is 31.2 Å². The highest BCUT2D eigenvalue weighted by molar-refractivity contribution is 6.07. The van der Waals surface area contributed by atoms with E-state index in [1.807, 2.05) is 4.90 Å². The summed E-state index contributed by atoms with van der Waals surface area (Å²) in [6.45, 7) is 3.63. The monoisotopic (exact) mass is 341 g/mol. The maximum Gasteiger partial charge on any atom is 0.339 e. The van der Waals surface area contributed by atoms with Gasteiger partial charge in [0.1, 0.15) is 0 Å². The summed E-state index contributed by atoms with van der Waals surface area (Å²) in [7, 11) is 1.29. The summed E-state index contributed by atoms with van der Waals surface area (Å²) in [6, 6.07) is 10.4. The number of aromatic nitrogens is 2. The van der Waals surface area contributed by atoms with E-state index in [1.165, 1.54) is 7.11 Å². The smallest absolute Gasteiger partial charge is 0.339 e. The van der Waals surface area contributed by atoms with Crippen LogP contribution in [0.4, 0.5) is 11.5 Å². The Morgan fingerprint density at radius 3 is 2.68 bits per heavy atom. The number of hydrogen-bond acceptors (Lipinski definition) is 7. The lowest BCUT2D eigenvalue weighted by molar-refractivity contribution is 0.0602. The minimum atomic E-state index is -0.520. The average Bonchev–Trinajstić information content (AvgIpc) is 3.08. The molecular weight excluding hydrogens is 322 g/mol. The molecule has 0 radical (unpaired) electrons. The quantitative estimate of drug-likeness (QED) is 0.808. The Morgan fingerprint density at radius 1 is 1.24 bits per heavy atom. The number of esters is 1. The van der Waals surface area contributed by atoms with Crippen LogP contribution in [0.25, 0.3) is 0 Å². The van der Waals surface area contributed by atoms with Crippen LogP contribution in [0.1, 0.15) is 27.8 Å². The summed E-state index contributed by atoms with van der Waals surface area (Å²) < 4.78 is 4.72. The standard InChI is InChI=1S/C17H19N5O3/c1-11-9-22(10-18-11)15-8-7-14(20-21-15)16(23)19-13-6-4-3-5-12(13)17(24)25-2/h3-8,11,18H,9-10H2,1-2H3,(H,19,23).